The molecule has 1 aromatic rings. The highest BCUT2D eigenvalue weighted by atomic mass is 35.5. The summed E-state index contributed by atoms with van der Waals surface area (Å²) in [5.41, 5.74) is 0.265. The quantitative estimate of drug-likeness (QED) is 0.766. The summed E-state index contributed by atoms with van der Waals surface area (Å²) < 4.78 is 10.2. The van der Waals surface area contributed by atoms with Crippen LogP contribution in [0, 0.1) is 5.41 Å². The van der Waals surface area contributed by atoms with E-state index in [2.05, 4.69) is 0 Å². The standard InChI is InChI=1S/C18H24ClNO4/c1-18(2,3)17(22)20(12-7-6-8-12)15-13(19)9-11(16(21)24-5)10-14(15)23-4/h9-10,12H,6-8H2,1-5H3. The van der Waals surface area contributed by atoms with E-state index >= 15 is 0 Å². The largest absolute Gasteiger partial charge is 0.494 e. The number of hydrogen-bond donors (Lipinski definition) is 0. The van der Waals surface area contributed by atoms with Gasteiger partial charge in [0.2, 0.25) is 5.91 Å². The van der Waals surface area contributed by atoms with Gasteiger partial charge in [0.1, 0.15) is 11.4 Å². The molecule has 0 radical (unpaired) electrons. The van der Waals surface area contributed by atoms with Crippen molar-refractivity contribution in [2.75, 3.05) is 19.1 Å². The summed E-state index contributed by atoms with van der Waals surface area (Å²) in [6, 6.07) is 3.19. The number of anilines is 1. The van der Waals surface area contributed by atoms with Crippen LogP contribution in [0.5, 0.6) is 5.75 Å². The molecule has 0 N–H and O–H groups in total. The Kier molecular flexibility index (Phi) is 5.43. The molecule has 1 fully saturated rings. The van der Waals surface area contributed by atoms with Gasteiger partial charge < -0.3 is 14.4 Å². The minimum atomic E-state index is -0.551. The minimum absolute atomic E-state index is 0.0155. The fourth-order valence-electron chi connectivity index (χ4n) is 2.66. The first kappa shape index (κ1) is 18.6. The van der Waals surface area contributed by atoms with Crippen molar-refractivity contribution in [2.24, 2.45) is 5.41 Å². The molecule has 0 spiro atoms. The van der Waals surface area contributed by atoms with Crippen LogP contribution in [0.3, 0.4) is 0 Å². The van der Waals surface area contributed by atoms with E-state index in [0.29, 0.717) is 22.0 Å². The van der Waals surface area contributed by atoms with E-state index in [0.717, 1.165) is 19.3 Å². The monoisotopic (exact) mass is 353 g/mol. The summed E-state index contributed by atoms with van der Waals surface area (Å²) in [5.74, 6) is -0.121. The van der Waals surface area contributed by atoms with Crippen molar-refractivity contribution in [2.45, 2.75) is 46.1 Å². The number of nitrogens with zero attached hydrogens (tertiary/aromatic N) is 1. The first-order valence-electron chi connectivity index (χ1n) is 8.00. The van der Waals surface area contributed by atoms with Crippen LogP contribution in [0.1, 0.15) is 50.4 Å². The van der Waals surface area contributed by atoms with Gasteiger partial charge in [-0.15, -0.1) is 0 Å². The number of esters is 1. The topological polar surface area (TPSA) is 55.8 Å². The van der Waals surface area contributed by atoms with Crippen LogP contribution >= 0.6 is 11.6 Å². The van der Waals surface area contributed by atoms with Gasteiger partial charge in [-0.3, -0.25) is 4.79 Å². The number of hydrogen-bond acceptors (Lipinski definition) is 4. The first-order valence-corrected chi connectivity index (χ1v) is 8.38. The molecule has 1 aliphatic carbocycles. The Balaban J connectivity index is 2.57. The van der Waals surface area contributed by atoms with Gasteiger partial charge >= 0.3 is 5.97 Å². The molecule has 1 aromatic carbocycles. The Labute approximate surface area is 147 Å². The number of carbonyl (C=O) groups excluding carboxylic acids is 2. The average molecular weight is 354 g/mol. The number of benzene rings is 1. The number of methoxy groups -OCH3 is 2. The number of amides is 1. The summed E-state index contributed by atoms with van der Waals surface area (Å²) in [5, 5.41) is 0.305. The highest BCUT2D eigenvalue weighted by Crippen LogP contribution is 2.43. The number of carbonyl (C=O) groups is 2. The van der Waals surface area contributed by atoms with Crippen molar-refractivity contribution in [3.63, 3.8) is 0 Å². The van der Waals surface area contributed by atoms with Gasteiger partial charge in [0.25, 0.3) is 0 Å². The molecular weight excluding hydrogens is 330 g/mol. The second kappa shape index (κ2) is 7.01. The predicted molar refractivity (Wildman–Crippen MR) is 93.9 cm³/mol. The molecule has 24 heavy (non-hydrogen) atoms. The molecule has 5 nitrogen and oxygen atoms in total. The van der Waals surface area contributed by atoms with Crippen molar-refractivity contribution in [1.82, 2.24) is 0 Å². The van der Waals surface area contributed by atoms with Crippen molar-refractivity contribution in [3.8, 4) is 5.75 Å². The van der Waals surface area contributed by atoms with Crippen molar-refractivity contribution in [3.05, 3.63) is 22.7 Å². The first-order chi connectivity index (χ1) is 11.2. The Morgan fingerprint density at radius 1 is 1.21 bits per heavy atom. The molecule has 0 saturated heterocycles. The molecule has 1 aliphatic rings. The Morgan fingerprint density at radius 3 is 2.25 bits per heavy atom. The Morgan fingerprint density at radius 2 is 1.83 bits per heavy atom. The molecule has 0 aliphatic heterocycles. The van der Waals surface area contributed by atoms with Crippen LogP contribution in [0.25, 0.3) is 0 Å². The smallest absolute Gasteiger partial charge is 0.338 e. The summed E-state index contributed by atoms with van der Waals surface area (Å²) in [6.07, 6.45) is 2.94. The molecule has 0 aromatic heterocycles. The Hall–Kier alpha value is -1.75. The molecule has 0 heterocycles. The van der Waals surface area contributed by atoms with E-state index in [4.69, 9.17) is 21.1 Å². The molecule has 0 bridgehead atoms. The number of rotatable bonds is 4. The number of halogens is 1. The zero-order valence-electron chi connectivity index (χ0n) is 14.8. The third-order valence-electron chi connectivity index (χ3n) is 4.21. The van der Waals surface area contributed by atoms with Crippen LogP contribution in [-0.2, 0) is 9.53 Å². The summed E-state index contributed by atoms with van der Waals surface area (Å²) >= 11 is 6.45. The predicted octanol–water partition coefficient (Wildman–Crippen LogP) is 4.07. The third-order valence-corrected chi connectivity index (χ3v) is 4.50. The molecule has 6 heteroatoms. The molecule has 0 unspecified atom stereocenters. The molecule has 2 rings (SSSR count). The fourth-order valence-corrected chi connectivity index (χ4v) is 2.96. The van der Waals surface area contributed by atoms with E-state index in [9.17, 15) is 9.59 Å². The van der Waals surface area contributed by atoms with E-state index in [1.54, 1.807) is 11.0 Å². The molecule has 1 amide bonds. The summed E-state index contributed by atoms with van der Waals surface area (Å²) in [4.78, 5) is 26.5. The average Bonchev–Trinajstić information content (AvgIpc) is 2.47. The van der Waals surface area contributed by atoms with Gasteiger partial charge in [0, 0.05) is 11.5 Å². The summed E-state index contributed by atoms with van der Waals surface area (Å²) in [6.45, 7) is 5.64. The lowest BCUT2D eigenvalue weighted by atomic mass is 9.87. The van der Waals surface area contributed by atoms with Crippen molar-refractivity contribution in [1.29, 1.82) is 0 Å². The molecule has 132 valence electrons. The van der Waals surface area contributed by atoms with Crippen LogP contribution < -0.4 is 9.64 Å². The maximum atomic E-state index is 13.0. The third kappa shape index (κ3) is 3.51. The van der Waals surface area contributed by atoms with Gasteiger partial charge in [-0.2, -0.15) is 0 Å². The van der Waals surface area contributed by atoms with Crippen LogP contribution in [-0.4, -0.2) is 32.1 Å². The lowest BCUT2D eigenvalue weighted by Crippen LogP contribution is -2.49. The van der Waals surface area contributed by atoms with E-state index in [1.165, 1.54) is 20.3 Å². The zero-order valence-corrected chi connectivity index (χ0v) is 15.6. The van der Waals surface area contributed by atoms with Crippen LogP contribution in [0.15, 0.2) is 12.1 Å². The minimum Gasteiger partial charge on any atom is -0.494 e. The van der Waals surface area contributed by atoms with Gasteiger partial charge in [-0.05, 0) is 31.4 Å². The highest BCUT2D eigenvalue weighted by molar-refractivity contribution is 6.34. The molecular formula is C18H24ClNO4. The van der Waals surface area contributed by atoms with Gasteiger partial charge in [0.15, 0.2) is 0 Å². The zero-order chi connectivity index (χ0) is 18.1. The molecule has 0 atom stereocenters. The van der Waals surface area contributed by atoms with Crippen molar-refractivity contribution >= 4 is 29.2 Å². The normalized spacial score (nSPS) is 14.8. The maximum Gasteiger partial charge on any atom is 0.338 e. The van der Waals surface area contributed by atoms with Gasteiger partial charge in [0.05, 0.1) is 24.8 Å². The Bertz CT molecular complexity index is 647. The van der Waals surface area contributed by atoms with E-state index in [-0.39, 0.29) is 11.9 Å². The van der Waals surface area contributed by atoms with Gasteiger partial charge in [-0.25, -0.2) is 4.79 Å². The highest BCUT2D eigenvalue weighted by Gasteiger charge is 2.38. The number of ether oxygens (including phenoxy) is 2. The second-order valence-electron chi connectivity index (χ2n) is 7.01. The van der Waals surface area contributed by atoms with Crippen molar-refractivity contribution < 1.29 is 19.1 Å². The lowest BCUT2D eigenvalue weighted by molar-refractivity contribution is -0.126. The van der Waals surface area contributed by atoms with E-state index < -0.39 is 11.4 Å². The SMILES string of the molecule is COC(=O)c1cc(Cl)c(N(C(=O)C(C)(C)C)C2CCC2)c(OC)c1. The lowest BCUT2D eigenvalue weighted by Gasteiger charge is -2.41. The molecule has 1 saturated carbocycles. The van der Waals surface area contributed by atoms with Crippen LogP contribution in [0.4, 0.5) is 5.69 Å². The summed E-state index contributed by atoms with van der Waals surface area (Å²) in [7, 11) is 2.80. The van der Waals surface area contributed by atoms with E-state index in [1.807, 2.05) is 20.8 Å². The second-order valence-corrected chi connectivity index (χ2v) is 7.42. The van der Waals surface area contributed by atoms with Gasteiger partial charge in [-0.1, -0.05) is 32.4 Å². The van der Waals surface area contributed by atoms with Crippen LogP contribution in [0.2, 0.25) is 5.02 Å². The fraction of sp³-hybridized carbons (Fsp3) is 0.556. The maximum absolute atomic E-state index is 13.0.